The third kappa shape index (κ3) is 2.87. The van der Waals surface area contributed by atoms with Crippen LogP contribution in [-0.2, 0) is 11.3 Å². The molecule has 4 heteroatoms. The fourth-order valence-corrected chi connectivity index (χ4v) is 2.01. The van der Waals surface area contributed by atoms with Gasteiger partial charge in [-0.3, -0.25) is 4.79 Å². The minimum absolute atomic E-state index is 0.151. The molecule has 0 atom stereocenters. The second-order valence-electron chi connectivity index (χ2n) is 4.91. The number of nitriles is 1. The van der Waals surface area contributed by atoms with Gasteiger partial charge in [0.05, 0.1) is 12.7 Å². The van der Waals surface area contributed by atoms with Gasteiger partial charge in [0.15, 0.2) is 0 Å². The molecule has 0 aliphatic heterocycles. The fraction of sp³-hybridized carbons (Fsp3) is 0.467. The number of hydrogen-bond donors (Lipinski definition) is 1. The number of nitrogens with one attached hydrogen (secondary N) is 1. The van der Waals surface area contributed by atoms with E-state index in [9.17, 15) is 4.79 Å². The van der Waals surface area contributed by atoms with Gasteiger partial charge in [-0.05, 0) is 43.9 Å². The zero-order valence-electron chi connectivity index (χ0n) is 11.3. The molecule has 0 bridgehead atoms. The van der Waals surface area contributed by atoms with E-state index in [0.29, 0.717) is 26.0 Å². The molecule has 1 aliphatic carbocycles. The monoisotopic (exact) mass is 258 g/mol. The van der Waals surface area contributed by atoms with Crippen molar-refractivity contribution in [3.8, 4) is 11.8 Å². The first-order valence-corrected chi connectivity index (χ1v) is 6.53. The van der Waals surface area contributed by atoms with Crippen molar-refractivity contribution >= 4 is 5.91 Å². The summed E-state index contributed by atoms with van der Waals surface area (Å²) in [7, 11) is 0. The Labute approximate surface area is 113 Å². The van der Waals surface area contributed by atoms with Crippen molar-refractivity contribution in [3.63, 3.8) is 0 Å². The third-order valence-electron chi connectivity index (χ3n) is 3.39. The zero-order chi connectivity index (χ0) is 13.9. The molecule has 0 heterocycles. The Morgan fingerprint density at radius 3 is 2.79 bits per heavy atom. The number of ether oxygens (including phenoxy) is 1. The van der Waals surface area contributed by atoms with Crippen LogP contribution in [0.4, 0.5) is 0 Å². The molecule has 0 saturated heterocycles. The first-order chi connectivity index (χ1) is 9.11. The maximum Gasteiger partial charge on any atom is 0.240 e. The van der Waals surface area contributed by atoms with Crippen LogP contribution >= 0.6 is 0 Å². The second-order valence-corrected chi connectivity index (χ2v) is 4.91. The standard InChI is InChI=1S/C15H18N2O2/c1-3-19-13-5-4-12(8-11(13)2)9-17-14(18)15(10-16)6-7-15/h4-5,8H,3,6-7,9H2,1-2H3,(H,17,18). The predicted molar refractivity (Wildman–Crippen MR) is 71.5 cm³/mol. The van der Waals surface area contributed by atoms with Gasteiger partial charge in [-0.1, -0.05) is 12.1 Å². The molecule has 19 heavy (non-hydrogen) atoms. The minimum atomic E-state index is -0.750. The van der Waals surface area contributed by atoms with Gasteiger partial charge in [-0.25, -0.2) is 0 Å². The van der Waals surface area contributed by atoms with E-state index in [-0.39, 0.29) is 5.91 Å². The quantitative estimate of drug-likeness (QED) is 0.881. The van der Waals surface area contributed by atoms with Crippen LogP contribution in [-0.4, -0.2) is 12.5 Å². The van der Waals surface area contributed by atoms with Crippen molar-refractivity contribution < 1.29 is 9.53 Å². The molecule has 0 unspecified atom stereocenters. The summed E-state index contributed by atoms with van der Waals surface area (Å²) in [5.41, 5.74) is 1.32. The Morgan fingerprint density at radius 1 is 1.53 bits per heavy atom. The number of aryl methyl sites for hydroxylation is 1. The number of carbonyl (C=O) groups is 1. The molecule has 4 nitrogen and oxygen atoms in total. The molecule has 1 aliphatic rings. The third-order valence-corrected chi connectivity index (χ3v) is 3.39. The SMILES string of the molecule is CCOc1ccc(CNC(=O)C2(C#N)CC2)cc1C. The smallest absolute Gasteiger partial charge is 0.240 e. The van der Waals surface area contributed by atoms with E-state index in [0.717, 1.165) is 16.9 Å². The van der Waals surface area contributed by atoms with E-state index in [2.05, 4.69) is 11.4 Å². The number of nitrogens with zero attached hydrogens (tertiary/aromatic N) is 1. The highest BCUT2D eigenvalue weighted by Crippen LogP contribution is 2.45. The lowest BCUT2D eigenvalue weighted by Gasteiger charge is -2.11. The molecule has 1 saturated carbocycles. The Balaban J connectivity index is 1.95. The Kier molecular flexibility index (Phi) is 3.75. The highest BCUT2D eigenvalue weighted by atomic mass is 16.5. The van der Waals surface area contributed by atoms with Crippen LogP contribution in [0.15, 0.2) is 18.2 Å². The van der Waals surface area contributed by atoms with E-state index in [1.165, 1.54) is 0 Å². The van der Waals surface area contributed by atoms with Crippen molar-refractivity contribution in [2.45, 2.75) is 33.2 Å². The topological polar surface area (TPSA) is 62.1 Å². The van der Waals surface area contributed by atoms with Crippen molar-refractivity contribution in [1.82, 2.24) is 5.32 Å². The van der Waals surface area contributed by atoms with E-state index in [1.807, 2.05) is 32.0 Å². The molecule has 1 N–H and O–H groups in total. The molecular formula is C15H18N2O2. The maximum atomic E-state index is 11.8. The van der Waals surface area contributed by atoms with Crippen molar-refractivity contribution in [2.24, 2.45) is 5.41 Å². The van der Waals surface area contributed by atoms with E-state index < -0.39 is 5.41 Å². The predicted octanol–water partition coefficient (Wildman–Crippen LogP) is 2.31. The molecule has 0 radical (unpaired) electrons. The van der Waals surface area contributed by atoms with Gasteiger partial charge in [-0.2, -0.15) is 5.26 Å². The average molecular weight is 258 g/mol. The first kappa shape index (κ1) is 13.4. The van der Waals surface area contributed by atoms with Crippen LogP contribution < -0.4 is 10.1 Å². The van der Waals surface area contributed by atoms with Gasteiger partial charge in [0.1, 0.15) is 11.2 Å². The van der Waals surface area contributed by atoms with E-state index >= 15 is 0 Å². The normalized spacial score (nSPS) is 15.4. The Hall–Kier alpha value is -2.02. The molecule has 1 amide bonds. The van der Waals surface area contributed by atoms with Crippen LogP contribution in [0.2, 0.25) is 0 Å². The number of hydrogen-bond acceptors (Lipinski definition) is 3. The van der Waals surface area contributed by atoms with Crippen LogP contribution in [0.25, 0.3) is 0 Å². The van der Waals surface area contributed by atoms with Crippen LogP contribution in [0.3, 0.4) is 0 Å². The summed E-state index contributed by atoms with van der Waals surface area (Å²) in [4.78, 5) is 11.8. The average Bonchev–Trinajstić information content (AvgIpc) is 3.20. The second kappa shape index (κ2) is 5.31. The summed E-state index contributed by atoms with van der Waals surface area (Å²) in [6.07, 6.45) is 1.36. The molecule has 2 rings (SSSR count). The van der Waals surface area contributed by atoms with Gasteiger partial charge in [0, 0.05) is 6.54 Å². The van der Waals surface area contributed by atoms with Crippen LogP contribution in [0.5, 0.6) is 5.75 Å². The highest BCUT2D eigenvalue weighted by molar-refractivity contribution is 5.88. The highest BCUT2D eigenvalue weighted by Gasteiger charge is 2.50. The van der Waals surface area contributed by atoms with E-state index in [1.54, 1.807) is 0 Å². The van der Waals surface area contributed by atoms with Crippen molar-refractivity contribution in [1.29, 1.82) is 5.26 Å². The number of carbonyl (C=O) groups excluding carboxylic acids is 1. The largest absolute Gasteiger partial charge is 0.494 e. The summed E-state index contributed by atoms with van der Waals surface area (Å²) >= 11 is 0. The van der Waals surface area contributed by atoms with Crippen LogP contribution in [0, 0.1) is 23.7 Å². The number of rotatable bonds is 5. The van der Waals surface area contributed by atoms with Gasteiger partial charge in [0.25, 0.3) is 0 Å². The lowest BCUT2D eigenvalue weighted by Crippen LogP contribution is -2.30. The molecule has 100 valence electrons. The number of benzene rings is 1. The van der Waals surface area contributed by atoms with Crippen molar-refractivity contribution in [3.05, 3.63) is 29.3 Å². The van der Waals surface area contributed by atoms with Crippen LogP contribution in [0.1, 0.15) is 30.9 Å². The number of amides is 1. The maximum absolute atomic E-state index is 11.8. The lowest BCUT2D eigenvalue weighted by atomic mass is 10.1. The van der Waals surface area contributed by atoms with Crippen molar-refractivity contribution in [2.75, 3.05) is 6.61 Å². The molecule has 0 spiro atoms. The van der Waals surface area contributed by atoms with Gasteiger partial charge in [0.2, 0.25) is 5.91 Å². The van der Waals surface area contributed by atoms with E-state index in [4.69, 9.17) is 10.00 Å². The Bertz CT molecular complexity index is 527. The summed E-state index contributed by atoms with van der Waals surface area (Å²) in [6, 6.07) is 7.94. The fourth-order valence-electron chi connectivity index (χ4n) is 2.01. The lowest BCUT2D eigenvalue weighted by molar-refractivity contribution is -0.124. The van der Waals surface area contributed by atoms with Gasteiger partial charge >= 0.3 is 0 Å². The first-order valence-electron chi connectivity index (χ1n) is 6.53. The zero-order valence-corrected chi connectivity index (χ0v) is 11.3. The minimum Gasteiger partial charge on any atom is -0.494 e. The summed E-state index contributed by atoms with van der Waals surface area (Å²) < 4.78 is 5.47. The molecule has 1 aromatic rings. The molecule has 0 aromatic heterocycles. The summed E-state index contributed by atoms with van der Waals surface area (Å²) in [5.74, 6) is 0.717. The molecule has 1 aromatic carbocycles. The summed E-state index contributed by atoms with van der Waals surface area (Å²) in [5, 5.41) is 11.8. The molecule has 1 fully saturated rings. The van der Waals surface area contributed by atoms with Gasteiger partial charge in [-0.15, -0.1) is 0 Å². The summed E-state index contributed by atoms with van der Waals surface area (Å²) in [6.45, 7) is 5.02. The Morgan fingerprint density at radius 2 is 2.26 bits per heavy atom. The molecular weight excluding hydrogens is 240 g/mol. The van der Waals surface area contributed by atoms with Gasteiger partial charge < -0.3 is 10.1 Å².